The second kappa shape index (κ2) is 12.7. The second-order valence-electron chi connectivity index (χ2n) is 18.5. The first kappa shape index (κ1) is 36.1. The van der Waals surface area contributed by atoms with Crippen LogP contribution in [0.3, 0.4) is 0 Å². The zero-order valence-electron chi connectivity index (χ0n) is 34.9. The Balaban J connectivity index is 1.24. The van der Waals surface area contributed by atoms with Crippen molar-refractivity contribution in [2.75, 3.05) is 19.2 Å². The van der Waals surface area contributed by atoms with Crippen molar-refractivity contribution >= 4 is 80.4 Å². The summed E-state index contributed by atoms with van der Waals surface area (Å²) in [6, 6.07) is 48.9. The monoisotopic (exact) mass is 788 g/mol. The molecule has 4 aliphatic rings. The van der Waals surface area contributed by atoms with Crippen molar-refractivity contribution in [3.63, 3.8) is 0 Å². The molecule has 0 spiro atoms. The zero-order valence-corrected chi connectivity index (χ0v) is 35.7. The highest BCUT2D eigenvalue weighted by atomic mass is 32.1. The van der Waals surface area contributed by atoms with E-state index in [9.17, 15) is 0 Å². The molecular weight excluding hydrogens is 742 g/mol. The number of thiophene rings is 1. The predicted octanol–water partition coefficient (Wildman–Crippen LogP) is 12.5. The summed E-state index contributed by atoms with van der Waals surface area (Å²) >= 11 is 1.85. The van der Waals surface area contributed by atoms with Crippen LogP contribution in [0, 0.1) is 13.8 Å². The predicted molar refractivity (Wildman–Crippen MR) is 249 cm³/mol. The van der Waals surface area contributed by atoms with Crippen molar-refractivity contribution in [2.24, 2.45) is 0 Å². The molecular formula is C50H46B2N4O2S. The lowest BCUT2D eigenvalue weighted by Crippen LogP contribution is -2.53. The molecule has 0 saturated heterocycles. The van der Waals surface area contributed by atoms with E-state index in [0.717, 1.165) is 67.8 Å². The minimum Gasteiger partial charge on any atom is -0.456 e. The lowest BCUT2D eigenvalue weighted by molar-refractivity contribution is 0.488. The van der Waals surface area contributed by atoms with Crippen molar-refractivity contribution in [1.29, 1.82) is 0 Å². The zero-order chi connectivity index (χ0) is 40.5. The van der Waals surface area contributed by atoms with Crippen LogP contribution in [0.25, 0.3) is 0 Å². The van der Waals surface area contributed by atoms with Gasteiger partial charge >= 0.3 is 14.0 Å². The van der Waals surface area contributed by atoms with Gasteiger partial charge in [0.15, 0.2) is 0 Å². The van der Waals surface area contributed by atoms with Crippen molar-refractivity contribution in [3.05, 3.63) is 156 Å². The first-order valence-electron chi connectivity index (χ1n) is 20.6. The van der Waals surface area contributed by atoms with E-state index in [1.807, 2.05) is 11.3 Å². The maximum absolute atomic E-state index is 6.89. The molecule has 1 aromatic heterocycles. The van der Waals surface area contributed by atoms with Crippen LogP contribution in [-0.4, -0.2) is 14.0 Å². The third kappa shape index (κ3) is 5.47. The second-order valence-corrected chi connectivity index (χ2v) is 19.4. The van der Waals surface area contributed by atoms with Gasteiger partial charge in [-0.2, -0.15) is 0 Å². The van der Waals surface area contributed by atoms with Crippen LogP contribution in [-0.2, 0) is 10.8 Å². The molecule has 0 N–H and O–H groups in total. The topological polar surface area (TPSA) is 31.4 Å². The number of benzene rings is 6. The van der Waals surface area contributed by atoms with E-state index in [-0.39, 0.29) is 24.8 Å². The van der Waals surface area contributed by atoms with Gasteiger partial charge in [-0.15, -0.1) is 0 Å². The fraction of sp³-hybridized carbons (Fsp3) is 0.200. The van der Waals surface area contributed by atoms with Gasteiger partial charge in [-0.3, -0.25) is 0 Å². The van der Waals surface area contributed by atoms with Gasteiger partial charge in [0.05, 0.1) is 22.7 Å². The van der Waals surface area contributed by atoms with Crippen LogP contribution in [0.4, 0.5) is 44.1 Å². The average molecular weight is 789 g/mol. The first-order chi connectivity index (χ1) is 28.3. The highest BCUT2D eigenvalue weighted by Crippen LogP contribution is 2.67. The minimum atomic E-state index is -0.210. The van der Waals surface area contributed by atoms with E-state index in [1.54, 1.807) is 0 Å². The lowest BCUT2D eigenvalue weighted by Gasteiger charge is -2.32. The van der Waals surface area contributed by atoms with Gasteiger partial charge in [0, 0.05) is 22.3 Å². The molecule has 0 radical (unpaired) electrons. The van der Waals surface area contributed by atoms with Gasteiger partial charge in [0.25, 0.3) is 0 Å². The lowest BCUT2D eigenvalue weighted by atomic mass is 9.64. The Morgan fingerprint density at radius 1 is 0.441 bits per heavy atom. The highest BCUT2D eigenvalue weighted by Gasteiger charge is 2.57. The maximum Gasteiger partial charge on any atom is 0.425 e. The Bertz CT molecular complexity index is 2630. The fourth-order valence-corrected chi connectivity index (χ4v) is 10.6. The Labute approximate surface area is 352 Å². The van der Waals surface area contributed by atoms with Gasteiger partial charge in [0.2, 0.25) is 0 Å². The number of hydrogen-bond donors (Lipinski definition) is 0. The molecule has 6 aromatic carbocycles. The first-order valence-corrected chi connectivity index (χ1v) is 21.5. The van der Waals surface area contributed by atoms with Crippen LogP contribution in [0.15, 0.2) is 133 Å². The molecule has 0 amide bonds. The maximum atomic E-state index is 6.89. The summed E-state index contributed by atoms with van der Waals surface area (Å²) in [6.45, 7) is 17.5. The van der Waals surface area contributed by atoms with Crippen molar-refractivity contribution in [2.45, 2.75) is 66.2 Å². The molecule has 5 heterocycles. The average Bonchev–Trinajstić information content (AvgIpc) is 3.77. The van der Waals surface area contributed by atoms with Gasteiger partial charge in [0.1, 0.15) is 33.0 Å². The number of aryl methyl sites for hydroxylation is 2. The quantitative estimate of drug-likeness (QED) is 0.162. The summed E-state index contributed by atoms with van der Waals surface area (Å²) in [6.07, 6.45) is 0. The Morgan fingerprint density at radius 2 is 0.831 bits per heavy atom. The van der Waals surface area contributed by atoms with Crippen LogP contribution >= 0.6 is 11.3 Å². The van der Waals surface area contributed by atoms with E-state index < -0.39 is 0 Å². The number of fused-ring (bicyclic) bond motifs is 15. The van der Waals surface area contributed by atoms with Gasteiger partial charge in [-0.1, -0.05) is 126 Å². The van der Waals surface area contributed by atoms with Crippen LogP contribution in [0.2, 0.25) is 0 Å². The van der Waals surface area contributed by atoms with E-state index in [2.05, 4.69) is 208 Å². The van der Waals surface area contributed by atoms with Crippen LogP contribution in [0.1, 0.15) is 63.8 Å². The van der Waals surface area contributed by atoms with Crippen LogP contribution < -0.4 is 39.6 Å². The summed E-state index contributed by atoms with van der Waals surface area (Å²) in [5.74, 6) is 3.45. The van der Waals surface area contributed by atoms with Gasteiger partial charge < -0.3 is 28.7 Å². The van der Waals surface area contributed by atoms with Crippen molar-refractivity contribution < 1.29 is 9.47 Å². The molecule has 59 heavy (non-hydrogen) atoms. The van der Waals surface area contributed by atoms with E-state index in [1.165, 1.54) is 32.5 Å². The smallest absolute Gasteiger partial charge is 0.425 e. The Kier molecular flexibility index (Phi) is 7.78. The molecule has 6 nitrogen and oxygen atoms in total. The van der Waals surface area contributed by atoms with Crippen molar-refractivity contribution in [3.8, 4) is 23.0 Å². The van der Waals surface area contributed by atoms with Crippen LogP contribution in [0.5, 0.6) is 23.0 Å². The number of anilines is 8. The Morgan fingerprint density at radius 3 is 1.22 bits per heavy atom. The number of para-hydroxylation sites is 2. The standard InChI is InChI=1S/C50H46B2N4O2S/c1-31-17-27-39-43(29-31)57-41-15-11-9-13-37(41)51-53(35-23-19-33(20-24-35)49(3,4)5)45-46-48(59-47(45)55(39)51)56-40-28-18-32(2)30-44(40)58-42-16-12-10-14-38(42)52(56)54(46)36-25-21-34(22-26-36)50(6,7)8/h9-30H,1-8H3. The molecule has 0 fully saturated rings. The summed E-state index contributed by atoms with van der Waals surface area (Å²) in [5, 5.41) is 2.35. The summed E-state index contributed by atoms with van der Waals surface area (Å²) in [7, 11) is 0. The van der Waals surface area contributed by atoms with Gasteiger partial charge in [-0.25, -0.2) is 0 Å². The number of ether oxygens (including phenoxy) is 2. The van der Waals surface area contributed by atoms with Crippen molar-refractivity contribution in [1.82, 2.24) is 0 Å². The van der Waals surface area contributed by atoms with Gasteiger partial charge in [-0.05, 0) is 108 Å². The molecule has 0 atom stereocenters. The summed E-state index contributed by atoms with van der Waals surface area (Å²) < 4.78 is 13.8. The number of nitrogens with zero attached hydrogens (tertiary/aromatic N) is 4. The summed E-state index contributed by atoms with van der Waals surface area (Å²) in [4.78, 5) is 10.2. The molecule has 0 bridgehead atoms. The molecule has 7 aromatic rings. The SMILES string of the molecule is Cc1ccc2c(c1)Oc1ccccc1B1N2c2sc3c(c2N1c1ccc(C(C)(C)C)cc1)N(c1ccc(C(C)(C)C)cc1)B1c2ccccc2Oc2cc(C)ccc2N13. The molecule has 0 aliphatic carbocycles. The normalized spacial score (nSPS) is 14.8. The molecule has 290 valence electrons. The molecule has 4 aliphatic heterocycles. The summed E-state index contributed by atoms with van der Waals surface area (Å²) in [5.41, 5.74) is 13.9. The molecule has 0 unspecified atom stereocenters. The Hall–Kier alpha value is -6.05. The molecule has 9 heteroatoms. The molecule has 11 rings (SSSR count). The number of rotatable bonds is 2. The third-order valence-electron chi connectivity index (χ3n) is 12.3. The molecule has 0 saturated carbocycles. The minimum absolute atomic E-state index is 0.0165. The van der Waals surface area contributed by atoms with E-state index in [0.29, 0.717) is 0 Å². The largest absolute Gasteiger partial charge is 0.456 e. The fourth-order valence-electron chi connectivity index (χ4n) is 9.29. The van der Waals surface area contributed by atoms with E-state index in [4.69, 9.17) is 9.47 Å². The highest BCUT2D eigenvalue weighted by molar-refractivity contribution is 7.25. The third-order valence-corrected chi connectivity index (χ3v) is 13.5. The van der Waals surface area contributed by atoms with E-state index >= 15 is 0 Å². The number of hydrogen-bond acceptors (Lipinski definition) is 7.